The molecule has 4 nitrogen and oxygen atoms in total. The average Bonchev–Trinajstić information content (AvgIpc) is 2.68. The first-order valence-electron chi connectivity index (χ1n) is 8.17. The average molecular weight is 444 g/mol. The predicted molar refractivity (Wildman–Crippen MR) is 111 cm³/mol. The van der Waals surface area contributed by atoms with Crippen LogP contribution in [0.3, 0.4) is 0 Å². The van der Waals surface area contributed by atoms with Crippen LogP contribution in [0, 0.1) is 0 Å². The Morgan fingerprint density at radius 2 is 1.85 bits per heavy atom. The third-order valence-corrected chi connectivity index (χ3v) is 4.42. The molecule has 0 fully saturated rings. The van der Waals surface area contributed by atoms with Crippen LogP contribution in [0.1, 0.15) is 21.5 Å². The van der Waals surface area contributed by atoms with Gasteiger partial charge in [0.1, 0.15) is 12.4 Å². The van der Waals surface area contributed by atoms with Crippen molar-refractivity contribution >= 4 is 39.7 Å². The van der Waals surface area contributed by atoms with E-state index in [-0.39, 0.29) is 5.91 Å². The lowest BCUT2D eigenvalue weighted by atomic mass is 10.2. The molecule has 0 unspecified atom stereocenters. The smallest absolute Gasteiger partial charge is 0.271 e. The molecule has 3 aromatic carbocycles. The van der Waals surface area contributed by atoms with Crippen molar-refractivity contribution in [2.75, 3.05) is 0 Å². The van der Waals surface area contributed by atoms with Crippen LogP contribution in [0.15, 0.2) is 82.4 Å². The molecule has 3 aromatic rings. The van der Waals surface area contributed by atoms with Crippen LogP contribution in [0.4, 0.5) is 0 Å². The van der Waals surface area contributed by atoms with E-state index in [1.54, 1.807) is 30.5 Å². The molecule has 0 atom stereocenters. The van der Waals surface area contributed by atoms with Gasteiger partial charge in [-0.25, -0.2) is 5.43 Å². The number of nitrogens with one attached hydrogen (secondary N) is 1. The molecule has 136 valence electrons. The molecule has 0 aliphatic heterocycles. The van der Waals surface area contributed by atoms with Crippen molar-refractivity contribution in [2.45, 2.75) is 6.61 Å². The topological polar surface area (TPSA) is 50.7 Å². The summed E-state index contributed by atoms with van der Waals surface area (Å²) >= 11 is 9.27. The van der Waals surface area contributed by atoms with E-state index in [0.717, 1.165) is 15.6 Å². The van der Waals surface area contributed by atoms with Crippen molar-refractivity contribution in [3.8, 4) is 5.75 Å². The maximum atomic E-state index is 12.1. The molecule has 0 saturated carbocycles. The van der Waals surface area contributed by atoms with Crippen molar-refractivity contribution in [1.82, 2.24) is 5.43 Å². The molecule has 0 heterocycles. The highest BCUT2D eigenvalue weighted by atomic mass is 79.9. The van der Waals surface area contributed by atoms with Gasteiger partial charge in [-0.2, -0.15) is 5.10 Å². The molecule has 27 heavy (non-hydrogen) atoms. The van der Waals surface area contributed by atoms with Crippen LogP contribution in [-0.4, -0.2) is 12.1 Å². The van der Waals surface area contributed by atoms with Crippen molar-refractivity contribution in [1.29, 1.82) is 0 Å². The number of amides is 1. The number of hydrogen-bond acceptors (Lipinski definition) is 3. The normalized spacial score (nSPS) is 10.7. The van der Waals surface area contributed by atoms with Crippen LogP contribution in [0.25, 0.3) is 0 Å². The van der Waals surface area contributed by atoms with Crippen molar-refractivity contribution in [3.05, 3.63) is 99.0 Å². The Bertz CT molecular complexity index is 958. The number of ether oxygens (including phenoxy) is 1. The predicted octanol–water partition coefficient (Wildman–Crippen LogP) is 5.45. The van der Waals surface area contributed by atoms with Gasteiger partial charge in [-0.1, -0.05) is 51.8 Å². The van der Waals surface area contributed by atoms with Gasteiger partial charge in [0.2, 0.25) is 0 Å². The summed E-state index contributed by atoms with van der Waals surface area (Å²) in [5, 5.41) is 4.60. The van der Waals surface area contributed by atoms with Crippen LogP contribution in [0.5, 0.6) is 5.75 Å². The fourth-order valence-corrected chi connectivity index (χ4v) is 2.91. The fourth-order valence-electron chi connectivity index (χ4n) is 2.33. The van der Waals surface area contributed by atoms with Gasteiger partial charge in [0.15, 0.2) is 0 Å². The molecule has 6 heteroatoms. The fraction of sp³-hybridized carbons (Fsp3) is 0.0476. The van der Waals surface area contributed by atoms with Crippen LogP contribution >= 0.6 is 27.5 Å². The standard InChI is InChI=1S/C21H16BrClN2O2/c22-18-6-3-4-15(12-18)14-27-20-7-2-1-5-17(20)13-24-25-21(26)16-8-10-19(23)11-9-16/h1-13H,14H2,(H,25,26)/b24-13-. The van der Waals surface area contributed by atoms with E-state index in [0.29, 0.717) is 22.9 Å². The quantitative estimate of drug-likeness (QED) is 0.407. The Balaban J connectivity index is 1.64. The molecule has 1 amide bonds. The Kier molecular flexibility index (Phi) is 6.63. The molecular weight excluding hydrogens is 428 g/mol. The van der Waals surface area contributed by atoms with Crippen LogP contribution in [-0.2, 0) is 6.61 Å². The van der Waals surface area contributed by atoms with Gasteiger partial charge in [0.25, 0.3) is 5.91 Å². The van der Waals surface area contributed by atoms with E-state index in [4.69, 9.17) is 16.3 Å². The number of nitrogens with zero attached hydrogens (tertiary/aromatic N) is 1. The Morgan fingerprint density at radius 3 is 2.63 bits per heavy atom. The van der Waals surface area contributed by atoms with Crippen LogP contribution in [0.2, 0.25) is 5.02 Å². The second-order valence-corrected chi connectivity index (χ2v) is 7.01. The molecule has 0 aliphatic rings. The van der Waals surface area contributed by atoms with E-state index in [1.165, 1.54) is 0 Å². The van der Waals surface area contributed by atoms with E-state index >= 15 is 0 Å². The minimum absolute atomic E-state index is 0.310. The van der Waals surface area contributed by atoms with Gasteiger partial charge in [0.05, 0.1) is 6.21 Å². The van der Waals surface area contributed by atoms with E-state index < -0.39 is 0 Å². The summed E-state index contributed by atoms with van der Waals surface area (Å²) in [4.78, 5) is 12.1. The highest BCUT2D eigenvalue weighted by Gasteiger charge is 2.05. The molecule has 0 bridgehead atoms. The maximum Gasteiger partial charge on any atom is 0.271 e. The Labute approximate surface area is 171 Å². The summed E-state index contributed by atoms with van der Waals surface area (Å²) in [5.41, 5.74) is 4.80. The van der Waals surface area contributed by atoms with Gasteiger partial charge in [-0.05, 0) is 54.1 Å². The molecule has 0 radical (unpaired) electrons. The van der Waals surface area contributed by atoms with Gasteiger partial charge >= 0.3 is 0 Å². The van der Waals surface area contributed by atoms with Crippen molar-refractivity contribution in [3.63, 3.8) is 0 Å². The molecular formula is C21H16BrClN2O2. The first kappa shape index (κ1) is 19.1. The molecule has 0 aliphatic carbocycles. The second kappa shape index (κ2) is 9.35. The summed E-state index contributed by atoms with van der Waals surface area (Å²) in [5.74, 6) is 0.373. The number of carbonyl (C=O) groups excluding carboxylic acids is 1. The summed E-state index contributed by atoms with van der Waals surface area (Å²) < 4.78 is 6.90. The van der Waals surface area contributed by atoms with Gasteiger partial charge in [-0.3, -0.25) is 4.79 Å². The first-order valence-corrected chi connectivity index (χ1v) is 9.34. The first-order chi connectivity index (χ1) is 13.1. The SMILES string of the molecule is O=C(N/N=C\c1ccccc1OCc1cccc(Br)c1)c1ccc(Cl)cc1. The number of carbonyl (C=O) groups is 1. The second-order valence-electron chi connectivity index (χ2n) is 5.66. The minimum atomic E-state index is -0.310. The monoisotopic (exact) mass is 442 g/mol. The summed E-state index contributed by atoms with van der Waals surface area (Å²) in [7, 11) is 0. The van der Waals surface area contributed by atoms with Crippen LogP contribution < -0.4 is 10.2 Å². The van der Waals surface area contributed by atoms with Crippen molar-refractivity contribution in [2.24, 2.45) is 5.10 Å². The lowest BCUT2D eigenvalue weighted by molar-refractivity contribution is 0.0955. The number of hydrazone groups is 1. The van der Waals surface area contributed by atoms with Crippen molar-refractivity contribution < 1.29 is 9.53 Å². The molecule has 0 aromatic heterocycles. The number of para-hydroxylation sites is 1. The minimum Gasteiger partial charge on any atom is -0.488 e. The van der Waals surface area contributed by atoms with E-state index in [2.05, 4.69) is 26.5 Å². The highest BCUT2D eigenvalue weighted by molar-refractivity contribution is 9.10. The highest BCUT2D eigenvalue weighted by Crippen LogP contribution is 2.19. The number of halogens is 2. The summed E-state index contributed by atoms with van der Waals surface area (Å²) in [6.45, 7) is 0.432. The van der Waals surface area contributed by atoms with Gasteiger partial charge in [-0.15, -0.1) is 0 Å². The Hall–Kier alpha value is -2.63. The molecule has 0 spiro atoms. The lowest BCUT2D eigenvalue weighted by Crippen LogP contribution is -2.17. The molecule has 0 saturated heterocycles. The Morgan fingerprint density at radius 1 is 1.07 bits per heavy atom. The zero-order valence-corrected chi connectivity index (χ0v) is 16.6. The third kappa shape index (κ3) is 5.67. The lowest BCUT2D eigenvalue weighted by Gasteiger charge is -2.09. The van der Waals surface area contributed by atoms with Gasteiger partial charge in [0, 0.05) is 20.6 Å². The largest absolute Gasteiger partial charge is 0.488 e. The molecule has 1 N–H and O–H groups in total. The van der Waals surface area contributed by atoms with E-state index in [1.807, 2.05) is 48.5 Å². The zero-order chi connectivity index (χ0) is 19.1. The van der Waals surface area contributed by atoms with E-state index in [9.17, 15) is 4.79 Å². The number of benzene rings is 3. The number of hydrogen-bond donors (Lipinski definition) is 1. The summed E-state index contributed by atoms with van der Waals surface area (Å²) in [6, 6.07) is 22.0. The zero-order valence-electron chi connectivity index (χ0n) is 14.2. The molecule has 3 rings (SSSR count). The maximum absolute atomic E-state index is 12.1. The third-order valence-electron chi connectivity index (χ3n) is 3.68. The van der Waals surface area contributed by atoms with Gasteiger partial charge < -0.3 is 4.74 Å². The number of rotatable bonds is 6. The summed E-state index contributed by atoms with van der Waals surface area (Å²) in [6.07, 6.45) is 1.56.